The van der Waals surface area contributed by atoms with E-state index in [0.29, 0.717) is 19.1 Å². The van der Waals surface area contributed by atoms with Gasteiger partial charge in [0.25, 0.3) is 0 Å². The molecule has 0 amide bonds. The number of ether oxygens (including phenoxy) is 2. The highest BCUT2D eigenvalue weighted by molar-refractivity contribution is 4.72. The third-order valence-electron chi connectivity index (χ3n) is 1.94. The van der Waals surface area contributed by atoms with Crippen molar-refractivity contribution in [3.05, 3.63) is 0 Å². The predicted octanol–water partition coefficient (Wildman–Crippen LogP) is 1.16. The minimum Gasteiger partial charge on any atom is -0.388 e. The van der Waals surface area contributed by atoms with Gasteiger partial charge < -0.3 is 14.6 Å². The fourth-order valence-corrected chi connectivity index (χ4v) is 1.49. The molecule has 1 saturated heterocycles. The molecule has 0 aromatic rings. The Morgan fingerprint density at radius 2 is 1.92 bits per heavy atom. The summed E-state index contributed by atoms with van der Waals surface area (Å²) in [5.41, 5.74) is 0. The van der Waals surface area contributed by atoms with Crippen molar-refractivity contribution in [3.8, 4) is 0 Å². The number of aliphatic hydroxyl groups excluding tert-OH is 1. The van der Waals surface area contributed by atoms with Crippen LogP contribution in [-0.2, 0) is 9.47 Å². The lowest BCUT2D eigenvalue weighted by molar-refractivity contribution is -0.288. The van der Waals surface area contributed by atoms with Crippen LogP contribution < -0.4 is 0 Å². The molecule has 0 spiro atoms. The van der Waals surface area contributed by atoms with Crippen molar-refractivity contribution < 1.29 is 14.6 Å². The maximum atomic E-state index is 9.13. The predicted molar refractivity (Wildman–Crippen MR) is 45.8 cm³/mol. The summed E-state index contributed by atoms with van der Waals surface area (Å²) in [6, 6.07) is 0. The first-order valence-corrected chi connectivity index (χ1v) is 4.48. The summed E-state index contributed by atoms with van der Waals surface area (Å²) in [5, 5.41) is 9.13. The van der Waals surface area contributed by atoms with E-state index in [1.54, 1.807) is 0 Å². The van der Waals surface area contributed by atoms with Crippen LogP contribution in [0.4, 0.5) is 0 Å². The van der Waals surface area contributed by atoms with Crippen molar-refractivity contribution in [1.29, 1.82) is 0 Å². The van der Waals surface area contributed by atoms with Gasteiger partial charge in [0.2, 0.25) is 0 Å². The lowest BCUT2D eigenvalue weighted by Gasteiger charge is -2.37. The summed E-state index contributed by atoms with van der Waals surface area (Å²) in [5.74, 6) is 0.0677. The Kier molecular flexibility index (Phi) is 3.09. The van der Waals surface area contributed by atoms with Gasteiger partial charge >= 0.3 is 0 Å². The lowest BCUT2D eigenvalue weighted by atomic mass is 10.0. The van der Waals surface area contributed by atoms with Gasteiger partial charge in [-0.25, -0.2) is 0 Å². The molecule has 0 aromatic carbocycles. The van der Waals surface area contributed by atoms with Crippen LogP contribution in [0.1, 0.15) is 27.2 Å². The second kappa shape index (κ2) is 3.73. The van der Waals surface area contributed by atoms with E-state index in [1.807, 2.05) is 6.92 Å². The number of hydrogen-bond acceptors (Lipinski definition) is 3. The van der Waals surface area contributed by atoms with E-state index >= 15 is 0 Å². The van der Waals surface area contributed by atoms with E-state index in [1.165, 1.54) is 0 Å². The molecule has 3 nitrogen and oxygen atoms in total. The van der Waals surface area contributed by atoms with E-state index in [0.717, 1.165) is 6.42 Å². The highest BCUT2D eigenvalue weighted by Crippen LogP contribution is 2.25. The van der Waals surface area contributed by atoms with Crippen LogP contribution in [0.5, 0.6) is 0 Å². The Labute approximate surface area is 73.7 Å². The molecule has 1 fully saturated rings. The molecule has 1 heterocycles. The van der Waals surface area contributed by atoms with Crippen LogP contribution in [0.25, 0.3) is 0 Å². The van der Waals surface area contributed by atoms with Gasteiger partial charge in [-0.2, -0.15) is 0 Å². The Hall–Kier alpha value is -0.120. The molecule has 0 saturated carbocycles. The molecule has 0 unspecified atom stereocenters. The molecule has 0 aliphatic carbocycles. The van der Waals surface area contributed by atoms with Gasteiger partial charge in [0, 0.05) is 6.42 Å². The van der Waals surface area contributed by atoms with Gasteiger partial charge in [-0.05, 0) is 12.8 Å². The fraction of sp³-hybridized carbons (Fsp3) is 1.00. The molecule has 1 aliphatic rings. The molecule has 72 valence electrons. The zero-order valence-electron chi connectivity index (χ0n) is 8.04. The number of hydrogen-bond donors (Lipinski definition) is 1. The van der Waals surface area contributed by atoms with Crippen LogP contribution in [0.15, 0.2) is 0 Å². The molecular weight excluding hydrogens is 156 g/mol. The van der Waals surface area contributed by atoms with Gasteiger partial charge in [-0.3, -0.25) is 0 Å². The Bertz CT molecular complexity index is 137. The molecule has 0 atom stereocenters. The van der Waals surface area contributed by atoms with Gasteiger partial charge in [0.15, 0.2) is 5.79 Å². The SMILES string of the molecule is CC(C)CC1(C)OCC(O)CO1. The summed E-state index contributed by atoms with van der Waals surface area (Å²) in [6.07, 6.45) is 0.421. The molecule has 0 aromatic heterocycles. The fourth-order valence-electron chi connectivity index (χ4n) is 1.49. The summed E-state index contributed by atoms with van der Waals surface area (Å²) >= 11 is 0. The first-order chi connectivity index (χ1) is 5.52. The maximum absolute atomic E-state index is 9.13. The molecule has 1 N–H and O–H groups in total. The molecule has 0 bridgehead atoms. The largest absolute Gasteiger partial charge is 0.388 e. The Morgan fingerprint density at radius 1 is 1.42 bits per heavy atom. The standard InChI is InChI=1S/C9H18O3/c1-7(2)4-9(3)11-5-8(10)6-12-9/h7-8,10H,4-6H2,1-3H3. The van der Waals surface area contributed by atoms with Crippen molar-refractivity contribution in [2.45, 2.75) is 39.1 Å². The lowest BCUT2D eigenvalue weighted by Crippen LogP contribution is -2.44. The smallest absolute Gasteiger partial charge is 0.166 e. The van der Waals surface area contributed by atoms with Crippen molar-refractivity contribution in [3.63, 3.8) is 0 Å². The average Bonchev–Trinajstić information content (AvgIpc) is 1.94. The van der Waals surface area contributed by atoms with Gasteiger partial charge in [-0.1, -0.05) is 13.8 Å². The van der Waals surface area contributed by atoms with Gasteiger partial charge in [0.1, 0.15) is 6.10 Å². The quantitative estimate of drug-likeness (QED) is 0.682. The Balaban J connectivity index is 2.39. The number of rotatable bonds is 2. The van der Waals surface area contributed by atoms with Crippen molar-refractivity contribution in [2.75, 3.05) is 13.2 Å². The van der Waals surface area contributed by atoms with Crippen LogP contribution in [0.3, 0.4) is 0 Å². The van der Waals surface area contributed by atoms with Gasteiger partial charge in [-0.15, -0.1) is 0 Å². The van der Waals surface area contributed by atoms with E-state index in [9.17, 15) is 0 Å². The first kappa shape index (κ1) is 9.96. The number of aliphatic hydroxyl groups is 1. The maximum Gasteiger partial charge on any atom is 0.166 e. The second-order valence-corrected chi connectivity index (χ2v) is 4.01. The van der Waals surface area contributed by atoms with Gasteiger partial charge in [0.05, 0.1) is 13.2 Å². The zero-order chi connectivity index (χ0) is 9.19. The van der Waals surface area contributed by atoms with Crippen LogP contribution in [0.2, 0.25) is 0 Å². The summed E-state index contributed by atoms with van der Waals surface area (Å²) in [6.45, 7) is 6.97. The third-order valence-corrected chi connectivity index (χ3v) is 1.94. The molecular formula is C9H18O3. The molecule has 0 radical (unpaired) electrons. The topological polar surface area (TPSA) is 38.7 Å². The highest BCUT2D eigenvalue weighted by atomic mass is 16.7. The minimum absolute atomic E-state index is 0.392. The first-order valence-electron chi connectivity index (χ1n) is 4.48. The van der Waals surface area contributed by atoms with E-state index < -0.39 is 11.9 Å². The van der Waals surface area contributed by atoms with Crippen molar-refractivity contribution in [1.82, 2.24) is 0 Å². The third kappa shape index (κ3) is 2.73. The minimum atomic E-state index is -0.479. The summed E-state index contributed by atoms with van der Waals surface area (Å²) < 4.78 is 10.8. The summed E-state index contributed by atoms with van der Waals surface area (Å²) in [4.78, 5) is 0. The molecule has 12 heavy (non-hydrogen) atoms. The Morgan fingerprint density at radius 3 is 2.33 bits per heavy atom. The molecule has 3 heteroatoms. The van der Waals surface area contributed by atoms with Crippen LogP contribution >= 0.6 is 0 Å². The van der Waals surface area contributed by atoms with Crippen molar-refractivity contribution >= 4 is 0 Å². The second-order valence-electron chi connectivity index (χ2n) is 4.01. The van der Waals surface area contributed by atoms with Crippen LogP contribution in [-0.4, -0.2) is 30.2 Å². The van der Waals surface area contributed by atoms with Crippen LogP contribution in [0, 0.1) is 5.92 Å². The molecule has 1 rings (SSSR count). The zero-order valence-corrected chi connectivity index (χ0v) is 8.04. The average molecular weight is 174 g/mol. The monoisotopic (exact) mass is 174 g/mol. The highest BCUT2D eigenvalue weighted by Gasteiger charge is 2.32. The van der Waals surface area contributed by atoms with E-state index in [-0.39, 0.29) is 0 Å². The molecule has 1 aliphatic heterocycles. The van der Waals surface area contributed by atoms with E-state index in [4.69, 9.17) is 14.6 Å². The van der Waals surface area contributed by atoms with Crippen molar-refractivity contribution in [2.24, 2.45) is 5.92 Å². The van der Waals surface area contributed by atoms with E-state index in [2.05, 4.69) is 13.8 Å². The summed E-state index contributed by atoms with van der Waals surface area (Å²) in [7, 11) is 0. The normalized spacial score (nSPS) is 37.2.